The van der Waals surface area contributed by atoms with Crippen molar-refractivity contribution in [3.05, 3.63) is 29.6 Å². The van der Waals surface area contributed by atoms with E-state index in [1.165, 1.54) is 6.26 Å². The number of piperidine rings is 1. The van der Waals surface area contributed by atoms with Gasteiger partial charge in [-0.05, 0) is 62.3 Å². The number of anilines is 1. The van der Waals surface area contributed by atoms with Gasteiger partial charge in [-0.15, -0.1) is 0 Å². The summed E-state index contributed by atoms with van der Waals surface area (Å²) in [5.41, 5.74) is 0.613. The molecule has 0 spiro atoms. The van der Waals surface area contributed by atoms with Crippen molar-refractivity contribution in [1.29, 1.82) is 0 Å². The van der Waals surface area contributed by atoms with Gasteiger partial charge in [0.1, 0.15) is 5.75 Å². The summed E-state index contributed by atoms with van der Waals surface area (Å²) < 4.78 is 34.7. The second-order valence-corrected chi connectivity index (χ2v) is 11.3. The van der Waals surface area contributed by atoms with Gasteiger partial charge in [0, 0.05) is 24.8 Å². The Hall–Kier alpha value is -2.09. The molecule has 8 heteroatoms. The van der Waals surface area contributed by atoms with E-state index in [4.69, 9.17) is 9.26 Å². The van der Waals surface area contributed by atoms with Gasteiger partial charge >= 0.3 is 6.01 Å². The molecule has 1 aliphatic rings. The van der Waals surface area contributed by atoms with Crippen molar-refractivity contribution in [3.8, 4) is 5.75 Å². The van der Waals surface area contributed by atoms with Crippen LogP contribution in [0.1, 0.15) is 57.8 Å². The number of aryl methyl sites for hydroxylation is 1. The first-order valence-corrected chi connectivity index (χ1v) is 12.5. The van der Waals surface area contributed by atoms with Crippen LogP contribution in [0, 0.1) is 12.8 Å². The number of aromatic nitrogens is 2. The fourth-order valence-corrected chi connectivity index (χ4v) is 4.71. The molecule has 0 radical (unpaired) electrons. The van der Waals surface area contributed by atoms with Crippen molar-refractivity contribution in [1.82, 2.24) is 10.1 Å². The van der Waals surface area contributed by atoms with Crippen LogP contribution in [0.3, 0.4) is 0 Å². The lowest BCUT2D eigenvalue weighted by molar-refractivity contribution is 0.276. The molecule has 3 rings (SSSR count). The third-order valence-corrected chi connectivity index (χ3v) is 6.80. The molecule has 166 valence electrons. The van der Waals surface area contributed by atoms with Crippen LogP contribution in [0.4, 0.5) is 6.01 Å². The Bertz CT molecular complexity index is 955. The number of benzene rings is 1. The summed E-state index contributed by atoms with van der Waals surface area (Å²) in [6.07, 6.45) is 5.53. The van der Waals surface area contributed by atoms with Crippen molar-refractivity contribution in [3.63, 3.8) is 0 Å². The van der Waals surface area contributed by atoms with Crippen molar-refractivity contribution >= 4 is 15.9 Å². The van der Waals surface area contributed by atoms with Crippen LogP contribution in [-0.2, 0) is 15.3 Å². The minimum Gasteiger partial charge on any atom is -0.494 e. The molecule has 2 heterocycles. The Morgan fingerprint density at radius 2 is 1.93 bits per heavy atom. The van der Waals surface area contributed by atoms with Gasteiger partial charge in [0.15, 0.2) is 15.7 Å². The lowest BCUT2D eigenvalue weighted by Crippen LogP contribution is -2.34. The van der Waals surface area contributed by atoms with E-state index in [1.54, 1.807) is 25.1 Å². The van der Waals surface area contributed by atoms with Crippen LogP contribution >= 0.6 is 0 Å². The first-order valence-electron chi connectivity index (χ1n) is 10.6. The van der Waals surface area contributed by atoms with Crippen molar-refractivity contribution < 1.29 is 17.7 Å². The van der Waals surface area contributed by atoms with E-state index in [0.717, 1.165) is 55.9 Å². The SMILES string of the molecule is Cc1cc(OCCCC2CCN(c3nc(C(C)(C)C)no3)CC2)ccc1S(C)(=O)=O. The summed E-state index contributed by atoms with van der Waals surface area (Å²) in [6, 6.07) is 5.79. The second-order valence-electron chi connectivity index (χ2n) is 9.27. The summed E-state index contributed by atoms with van der Waals surface area (Å²) >= 11 is 0. The Morgan fingerprint density at radius 3 is 2.50 bits per heavy atom. The standard InChI is InChI=1S/C22H33N3O4S/c1-16-15-18(8-9-19(16)30(5,26)27)28-14-6-7-17-10-12-25(13-11-17)21-23-20(24-29-21)22(2,3)4/h8-9,15,17H,6-7,10-14H2,1-5H3. The molecule has 0 atom stereocenters. The molecule has 0 N–H and O–H groups in total. The molecule has 1 saturated heterocycles. The molecule has 7 nitrogen and oxygen atoms in total. The van der Waals surface area contributed by atoms with E-state index in [-0.39, 0.29) is 5.41 Å². The van der Waals surface area contributed by atoms with E-state index >= 15 is 0 Å². The summed E-state index contributed by atoms with van der Waals surface area (Å²) in [6.45, 7) is 10.5. The summed E-state index contributed by atoms with van der Waals surface area (Å²) in [7, 11) is -3.20. The van der Waals surface area contributed by atoms with Gasteiger partial charge in [-0.1, -0.05) is 25.9 Å². The smallest absolute Gasteiger partial charge is 0.324 e. The molecule has 1 aromatic heterocycles. The maximum absolute atomic E-state index is 11.7. The van der Waals surface area contributed by atoms with Crippen LogP contribution in [0.15, 0.2) is 27.6 Å². The minimum absolute atomic E-state index is 0.107. The number of sulfone groups is 1. The van der Waals surface area contributed by atoms with Gasteiger partial charge < -0.3 is 14.2 Å². The minimum atomic E-state index is -3.20. The van der Waals surface area contributed by atoms with Crippen molar-refractivity contribution in [2.45, 2.75) is 63.7 Å². The van der Waals surface area contributed by atoms with Gasteiger partial charge in [0.05, 0.1) is 11.5 Å². The summed E-state index contributed by atoms with van der Waals surface area (Å²) in [5, 5.41) is 4.12. The van der Waals surface area contributed by atoms with E-state index < -0.39 is 9.84 Å². The highest BCUT2D eigenvalue weighted by Crippen LogP contribution is 2.27. The molecule has 0 saturated carbocycles. The molecule has 2 aromatic rings. The first-order chi connectivity index (χ1) is 14.0. The average Bonchev–Trinajstić information content (AvgIpc) is 3.15. The zero-order valence-corrected chi connectivity index (χ0v) is 19.5. The fourth-order valence-electron chi connectivity index (χ4n) is 3.75. The van der Waals surface area contributed by atoms with Crippen LogP contribution in [0.2, 0.25) is 0 Å². The highest BCUT2D eigenvalue weighted by molar-refractivity contribution is 7.90. The lowest BCUT2D eigenvalue weighted by atomic mass is 9.92. The number of hydrogen-bond acceptors (Lipinski definition) is 7. The monoisotopic (exact) mass is 435 g/mol. The van der Waals surface area contributed by atoms with E-state index in [9.17, 15) is 8.42 Å². The van der Waals surface area contributed by atoms with Crippen LogP contribution < -0.4 is 9.64 Å². The topological polar surface area (TPSA) is 85.5 Å². The van der Waals surface area contributed by atoms with Gasteiger partial charge in [0.25, 0.3) is 0 Å². The molecule has 0 amide bonds. The molecule has 1 aromatic carbocycles. The van der Waals surface area contributed by atoms with E-state index in [2.05, 4.69) is 35.8 Å². The lowest BCUT2D eigenvalue weighted by Gasteiger charge is -2.30. The fraction of sp³-hybridized carbons (Fsp3) is 0.636. The Balaban J connectivity index is 1.40. The number of ether oxygens (including phenoxy) is 1. The maximum atomic E-state index is 11.7. The number of rotatable bonds is 7. The average molecular weight is 436 g/mol. The Kier molecular flexibility index (Phi) is 6.75. The molecule has 1 aliphatic heterocycles. The third-order valence-electron chi connectivity index (χ3n) is 5.54. The van der Waals surface area contributed by atoms with E-state index in [1.807, 2.05) is 0 Å². The first kappa shape index (κ1) is 22.6. The summed E-state index contributed by atoms with van der Waals surface area (Å²) in [5.74, 6) is 2.14. The van der Waals surface area contributed by atoms with Gasteiger partial charge in [-0.25, -0.2) is 8.42 Å². The maximum Gasteiger partial charge on any atom is 0.324 e. The van der Waals surface area contributed by atoms with Gasteiger partial charge in [0.2, 0.25) is 0 Å². The third kappa shape index (κ3) is 5.74. The van der Waals surface area contributed by atoms with Crippen LogP contribution in [-0.4, -0.2) is 44.5 Å². The molecule has 0 bridgehead atoms. The van der Waals surface area contributed by atoms with Crippen LogP contribution in [0.25, 0.3) is 0 Å². The molecule has 0 unspecified atom stereocenters. The molecular weight excluding hydrogens is 402 g/mol. The van der Waals surface area contributed by atoms with Gasteiger partial charge in [-0.3, -0.25) is 0 Å². The summed E-state index contributed by atoms with van der Waals surface area (Å²) in [4.78, 5) is 7.10. The van der Waals surface area contributed by atoms with Crippen molar-refractivity contribution in [2.75, 3.05) is 30.9 Å². The zero-order chi connectivity index (χ0) is 21.9. The number of nitrogens with zero attached hydrogens (tertiary/aromatic N) is 3. The predicted octanol–water partition coefficient (Wildman–Crippen LogP) is 4.15. The molecule has 1 fully saturated rings. The molecular formula is C22H33N3O4S. The largest absolute Gasteiger partial charge is 0.494 e. The van der Waals surface area contributed by atoms with Gasteiger partial charge in [-0.2, -0.15) is 4.98 Å². The normalized spacial score (nSPS) is 16.1. The molecule has 0 aliphatic carbocycles. The number of hydrogen-bond donors (Lipinski definition) is 0. The van der Waals surface area contributed by atoms with Crippen molar-refractivity contribution in [2.24, 2.45) is 5.92 Å². The zero-order valence-electron chi connectivity index (χ0n) is 18.6. The quantitative estimate of drug-likeness (QED) is 0.604. The highest BCUT2D eigenvalue weighted by atomic mass is 32.2. The Morgan fingerprint density at radius 1 is 1.23 bits per heavy atom. The second kappa shape index (κ2) is 8.96. The Labute approximate surface area is 179 Å². The van der Waals surface area contributed by atoms with Crippen LogP contribution in [0.5, 0.6) is 5.75 Å². The van der Waals surface area contributed by atoms with E-state index in [0.29, 0.717) is 23.4 Å². The highest BCUT2D eigenvalue weighted by Gasteiger charge is 2.26. The molecule has 30 heavy (non-hydrogen) atoms. The predicted molar refractivity (Wildman–Crippen MR) is 117 cm³/mol.